The maximum absolute atomic E-state index is 6.03. The summed E-state index contributed by atoms with van der Waals surface area (Å²) in [7, 11) is 2.02. The zero-order valence-corrected chi connectivity index (χ0v) is 11.1. The molecule has 3 aromatic rings. The number of imidazole rings is 1. The molecule has 0 N–H and O–H groups in total. The molecule has 2 aromatic carbocycles. The normalized spacial score (nSPS) is 11.1. The molecule has 18 heavy (non-hydrogen) atoms. The predicted molar refractivity (Wildman–Crippen MR) is 75.9 cm³/mol. The summed E-state index contributed by atoms with van der Waals surface area (Å²) in [5.41, 5.74) is 4.39. The minimum Gasteiger partial charge on any atom is -0.327 e. The van der Waals surface area contributed by atoms with Crippen LogP contribution < -0.4 is 0 Å². The van der Waals surface area contributed by atoms with E-state index in [1.807, 2.05) is 25.2 Å². The second-order valence-electron chi connectivity index (χ2n) is 4.50. The molecule has 0 fully saturated rings. The monoisotopic (exact) mass is 256 g/mol. The molecule has 1 aromatic heterocycles. The molecule has 0 aliphatic heterocycles. The van der Waals surface area contributed by atoms with Gasteiger partial charge in [0.2, 0.25) is 0 Å². The van der Waals surface area contributed by atoms with E-state index < -0.39 is 0 Å². The maximum Gasteiger partial charge on any atom is 0.140 e. The number of rotatable bonds is 1. The molecule has 3 rings (SSSR count). The van der Waals surface area contributed by atoms with Crippen molar-refractivity contribution < 1.29 is 0 Å². The van der Waals surface area contributed by atoms with Crippen molar-refractivity contribution in [1.29, 1.82) is 0 Å². The Morgan fingerprint density at radius 2 is 1.94 bits per heavy atom. The number of halogens is 1. The van der Waals surface area contributed by atoms with Crippen molar-refractivity contribution in [2.75, 3.05) is 0 Å². The average molecular weight is 257 g/mol. The molecular formula is C15H13ClN2. The van der Waals surface area contributed by atoms with Gasteiger partial charge in [0.25, 0.3) is 0 Å². The highest BCUT2D eigenvalue weighted by Gasteiger charge is 2.09. The van der Waals surface area contributed by atoms with E-state index in [9.17, 15) is 0 Å². The maximum atomic E-state index is 6.03. The zero-order chi connectivity index (χ0) is 12.7. The van der Waals surface area contributed by atoms with Gasteiger partial charge in [0, 0.05) is 17.6 Å². The van der Waals surface area contributed by atoms with Crippen LogP contribution in [-0.2, 0) is 7.05 Å². The Labute approximate surface area is 111 Å². The molecule has 90 valence electrons. The third-order valence-corrected chi connectivity index (χ3v) is 3.35. The summed E-state index contributed by atoms with van der Waals surface area (Å²) in [6, 6.07) is 14.1. The lowest BCUT2D eigenvalue weighted by Crippen LogP contribution is -1.92. The molecule has 0 saturated heterocycles. The number of aromatic nitrogens is 2. The van der Waals surface area contributed by atoms with E-state index in [4.69, 9.17) is 11.6 Å². The van der Waals surface area contributed by atoms with Gasteiger partial charge in [-0.15, -0.1) is 0 Å². The number of nitrogens with zero attached hydrogens (tertiary/aromatic N) is 2. The van der Waals surface area contributed by atoms with Gasteiger partial charge in [0.05, 0.1) is 11.0 Å². The fourth-order valence-corrected chi connectivity index (χ4v) is 2.37. The Balaban J connectivity index is 2.27. The Morgan fingerprint density at radius 1 is 1.11 bits per heavy atom. The molecule has 0 unspecified atom stereocenters. The first-order valence-corrected chi connectivity index (χ1v) is 6.22. The van der Waals surface area contributed by atoms with Crippen LogP contribution in [-0.4, -0.2) is 9.55 Å². The van der Waals surface area contributed by atoms with Crippen LogP contribution in [0, 0.1) is 6.92 Å². The van der Waals surface area contributed by atoms with E-state index in [0.717, 1.165) is 27.4 Å². The summed E-state index contributed by atoms with van der Waals surface area (Å²) in [5, 5.41) is 0.737. The number of fused-ring (bicyclic) bond motifs is 1. The quantitative estimate of drug-likeness (QED) is 0.638. The van der Waals surface area contributed by atoms with E-state index in [-0.39, 0.29) is 0 Å². The van der Waals surface area contributed by atoms with E-state index in [2.05, 4.69) is 40.7 Å². The second kappa shape index (κ2) is 4.14. The van der Waals surface area contributed by atoms with Crippen molar-refractivity contribution >= 4 is 22.6 Å². The standard InChI is InChI=1S/C15H13ClN2/c1-10-4-3-5-11(8-10)15-17-13-7-6-12(16)9-14(13)18(15)2/h3-9H,1-2H3. The van der Waals surface area contributed by atoms with E-state index in [0.29, 0.717) is 0 Å². The number of hydrogen-bond donors (Lipinski definition) is 0. The molecule has 2 nitrogen and oxygen atoms in total. The van der Waals surface area contributed by atoms with Crippen LogP contribution in [0.15, 0.2) is 42.5 Å². The number of hydrogen-bond acceptors (Lipinski definition) is 1. The Hall–Kier alpha value is -1.80. The van der Waals surface area contributed by atoms with Crippen LogP contribution in [0.5, 0.6) is 0 Å². The summed E-state index contributed by atoms with van der Waals surface area (Å²) in [6.45, 7) is 2.09. The summed E-state index contributed by atoms with van der Waals surface area (Å²) in [6.07, 6.45) is 0. The third kappa shape index (κ3) is 1.79. The van der Waals surface area contributed by atoms with Gasteiger partial charge in [-0.05, 0) is 31.2 Å². The van der Waals surface area contributed by atoms with Gasteiger partial charge < -0.3 is 4.57 Å². The second-order valence-corrected chi connectivity index (χ2v) is 4.93. The highest BCUT2D eigenvalue weighted by atomic mass is 35.5. The molecule has 0 amide bonds. The molecule has 0 radical (unpaired) electrons. The molecule has 0 bridgehead atoms. The smallest absolute Gasteiger partial charge is 0.140 e. The van der Waals surface area contributed by atoms with Gasteiger partial charge in [-0.2, -0.15) is 0 Å². The van der Waals surface area contributed by atoms with Crippen molar-refractivity contribution in [3.63, 3.8) is 0 Å². The average Bonchev–Trinajstić information content (AvgIpc) is 2.67. The highest BCUT2D eigenvalue weighted by Crippen LogP contribution is 2.26. The lowest BCUT2D eigenvalue weighted by atomic mass is 10.1. The predicted octanol–water partition coefficient (Wildman–Crippen LogP) is 4.20. The van der Waals surface area contributed by atoms with Crippen molar-refractivity contribution in [3.8, 4) is 11.4 Å². The highest BCUT2D eigenvalue weighted by molar-refractivity contribution is 6.31. The Bertz CT molecular complexity index is 728. The van der Waals surface area contributed by atoms with Crippen LogP contribution in [0.3, 0.4) is 0 Å². The molecular weight excluding hydrogens is 244 g/mol. The third-order valence-electron chi connectivity index (χ3n) is 3.12. The lowest BCUT2D eigenvalue weighted by Gasteiger charge is -2.03. The first-order chi connectivity index (χ1) is 8.65. The molecule has 0 saturated carbocycles. The van der Waals surface area contributed by atoms with Gasteiger partial charge in [-0.3, -0.25) is 0 Å². The fraction of sp³-hybridized carbons (Fsp3) is 0.133. The molecule has 3 heteroatoms. The van der Waals surface area contributed by atoms with Crippen molar-refractivity contribution in [2.45, 2.75) is 6.92 Å². The van der Waals surface area contributed by atoms with Crippen LogP contribution in [0.2, 0.25) is 5.02 Å². The van der Waals surface area contributed by atoms with Crippen LogP contribution in [0.1, 0.15) is 5.56 Å². The van der Waals surface area contributed by atoms with Crippen LogP contribution in [0.25, 0.3) is 22.4 Å². The summed E-state index contributed by atoms with van der Waals surface area (Å²) in [5.74, 6) is 0.968. The zero-order valence-electron chi connectivity index (χ0n) is 10.3. The molecule has 1 heterocycles. The van der Waals surface area contributed by atoms with Crippen LogP contribution in [0.4, 0.5) is 0 Å². The van der Waals surface area contributed by atoms with Crippen molar-refractivity contribution in [3.05, 3.63) is 53.1 Å². The topological polar surface area (TPSA) is 17.8 Å². The largest absolute Gasteiger partial charge is 0.327 e. The van der Waals surface area contributed by atoms with Gasteiger partial charge >= 0.3 is 0 Å². The minimum absolute atomic E-state index is 0.737. The van der Waals surface area contributed by atoms with Gasteiger partial charge in [0.15, 0.2) is 0 Å². The van der Waals surface area contributed by atoms with Gasteiger partial charge in [0.1, 0.15) is 5.82 Å². The molecule has 0 atom stereocenters. The van der Waals surface area contributed by atoms with Gasteiger partial charge in [-0.1, -0.05) is 35.4 Å². The first-order valence-electron chi connectivity index (χ1n) is 5.84. The van der Waals surface area contributed by atoms with Gasteiger partial charge in [-0.25, -0.2) is 4.98 Å². The van der Waals surface area contributed by atoms with Crippen molar-refractivity contribution in [1.82, 2.24) is 9.55 Å². The van der Waals surface area contributed by atoms with Crippen molar-refractivity contribution in [2.24, 2.45) is 7.05 Å². The Kier molecular flexibility index (Phi) is 2.60. The Morgan fingerprint density at radius 3 is 2.72 bits per heavy atom. The summed E-state index contributed by atoms with van der Waals surface area (Å²) >= 11 is 6.03. The minimum atomic E-state index is 0.737. The van der Waals surface area contributed by atoms with Crippen LogP contribution >= 0.6 is 11.6 Å². The molecule has 0 aliphatic carbocycles. The first kappa shape index (κ1) is 11.3. The summed E-state index contributed by atoms with van der Waals surface area (Å²) in [4.78, 5) is 4.67. The summed E-state index contributed by atoms with van der Waals surface area (Å²) < 4.78 is 2.08. The molecule has 0 aliphatic rings. The fourth-order valence-electron chi connectivity index (χ4n) is 2.21. The SMILES string of the molecule is Cc1cccc(-c2nc3ccc(Cl)cc3n2C)c1. The van der Waals surface area contributed by atoms with E-state index in [1.54, 1.807) is 0 Å². The number of benzene rings is 2. The lowest BCUT2D eigenvalue weighted by molar-refractivity contribution is 0.959. The van der Waals surface area contributed by atoms with E-state index >= 15 is 0 Å². The molecule has 0 spiro atoms. The van der Waals surface area contributed by atoms with E-state index in [1.165, 1.54) is 5.56 Å². The number of aryl methyl sites for hydroxylation is 2.